The van der Waals surface area contributed by atoms with Crippen LogP contribution >= 0.6 is 0 Å². The van der Waals surface area contributed by atoms with Gasteiger partial charge in [-0.1, -0.05) is 13.0 Å². The van der Waals surface area contributed by atoms with Gasteiger partial charge in [-0.3, -0.25) is 4.79 Å². The summed E-state index contributed by atoms with van der Waals surface area (Å²) >= 11 is 0. The molecule has 1 rings (SSSR count). The fourth-order valence-electron chi connectivity index (χ4n) is 1.71. The van der Waals surface area contributed by atoms with E-state index < -0.39 is 29.6 Å². The predicted molar refractivity (Wildman–Crippen MR) is 72.6 cm³/mol. The van der Waals surface area contributed by atoms with Gasteiger partial charge in [0.25, 0.3) is 0 Å². The summed E-state index contributed by atoms with van der Waals surface area (Å²) in [6.45, 7) is 3.51. The summed E-state index contributed by atoms with van der Waals surface area (Å²) in [6.07, 6.45) is 0. The predicted octanol–water partition coefficient (Wildman–Crippen LogP) is 2.22. The van der Waals surface area contributed by atoms with Gasteiger partial charge in [0.2, 0.25) is 0 Å². The number of rotatable bonds is 6. The van der Waals surface area contributed by atoms with Crippen LogP contribution in [-0.2, 0) is 11.3 Å². The second-order valence-electron chi connectivity index (χ2n) is 4.67. The third-order valence-electron chi connectivity index (χ3n) is 3.03. The van der Waals surface area contributed by atoms with Gasteiger partial charge in [0.05, 0.1) is 5.92 Å². The molecule has 2 N–H and O–H groups in total. The molecule has 1 aromatic carbocycles. The molecule has 7 heteroatoms. The normalized spacial score (nSPS) is 11.8. The van der Waals surface area contributed by atoms with Crippen LogP contribution in [0.15, 0.2) is 18.2 Å². The minimum atomic E-state index is -0.995. The molecular formula is C14H18F2N2O3. The fraction of sp³-hybridized carbons (Fsp3) is 0.429. The molecule has 0 saturated heterocycles. The van der Waals surface area contributed by atoms with E-state index in [1.165, 1.54) is 17.9 Å². The first kappa shape index (κ1) is 16.9. The Balaban J connectivity index is 2.60. The molecule has 0 radical (unpaired) electrons. The van der Waals surface area contributed by atoms with Crippen LogP contribution in [-0.4, -0.2) is 35.1 Å². The highest BCUT2D eigenvalue weighted by Gasteiger charge is 2.19. The molecule has 0 spiro atoms. The van der Waals surface area contributed by atoms with E-state index in [9.17, 15) is 18.4 Å². The fourth-order valence-corrected chi connectivity index (χ4v) is 1.71. The average Bonchev–Trinajstić information content (AvgIpc) is 2.43. The molecular weight excluding hydrogens is 282 g/mol. The molecule has 1 unspecified atom stereocenters. The van der Waals surface area contributed by atoms with Gasteiger partial charge in [-0.15, -0.1) is 0 Å². The number of carboxylic acid groups (broad SMARTS) is 1. The molecule has 0 aliphatic heterocycles. The molecule has 0 fully saturated rings. The lowest BCUT2D eigenvalue weighted by Gasteiger charge is -2.23. The highest BCUT2D eigenvalue weighted by Crippen LogP contribution is 2.09. The van der Waals surface area contributed by atoms with E-state index in [0.29, 0.717) is 6.54 Å². The Kier molecular flexibility index (Phi) is 6.08. The van der Waals surface area contributed by atoms with Crippen molar-refractivity contribution in [2.24, 2.45) is 5.92 Å². The van der Waals surface area contributed by atoms with Gasteiger partial charge >= 0.3 is 12.0 Å². The van der Waals surface area contributed by atoms with Gasteiger partial charge in [-0.2, -0.15) is 0 Å². The largest absolute Gasteiger partial charge is 0.481 e. The maximum absolute atomic E-state index is 13.4. The molecule has 0 bridgehead atoms. The van der Waals surface area contributed by atoms with Crippen molar-refractivity contribution in [2.45, 2.75) is 20.4 Å². The SMILES string of the molecule is CCN(CC(C)C(=O)O)C(=O)NCc1ccc(F)cc1F. The lowest BCUT2D eigenvalue weighted by Crippen LogP contribution is -2.43. The zero-order valence-corrected chi connectivity index (χ0v) is 11.9. The summed E-state index contributed by atoms with van der Waals surface area (Å²) in [5.41, 5.74) is 0.159. The number of nitrogens with zero attached hydrogens (tertiary/aromatic N) is 1. The van der Waals surface area contributed by atoms with Gasteiger partial charge in [-0.25, -0.2) is 13.6 Å². The van der Waals surface area contributed by atoms with Crippen molar-refractivity contribution in [3.8, 4) is 0 Å². The zero-order chi connectivity index (χ0) is 16.0. The second-order valence-corrected chi connectivity index (χ2v) is 4.67. The van der Waals surface area contributed by atoms with Crippen molar-refractivity contribution < 1.29 is 23.5 Å². The Morgan fingerprint density at radius 1 is 1.38 bits per heavy atom. The first-order valence-corrected chi connectivity index (χ1v) is 6.54. The van der Waals surface area contributed by atoms with Gasteiger partial charge in [0.15, 0.2) is 0 Å². The van der Waals surface area contributed by atoms with Crippen molar-refractivity contribution in [1.82, 2.24) is 10.2 Å². The van der Waals surface area contributed by atoms with Crippen LogP contribution in [0.4, 0.5) is 13.6 Å². The molecule has 0 aliphatic rings. The van der Waals surface area contributed by atoms with E-state index in [-0.39, 0.29) is 18.7 Å². The summed E-state index contributed by atoms with van der Waals surface area (Å²) < 4.78 is 26.2. The van der Waals surface area contributed by atoms with Crippen molar-refractivity contribution in [3.05, 3.63) is 35.4 Å². The topological polar surface area (TPSA) is 69.6 Å². The minimum absolute atomic E-state index is 0.0591. The van der Waals surface area contributed by atoms with E-state index >= 15 is 0 Å². The van der Waals surface area contributed by atoms with Crippen LogP contribution in [0.25, 0.3) is 0 Å². The number of urea groups is 1. The Morgan fingerprint density at radius 2 is 2.05 bits per heavy atom. The first-order chi connectivity index (χ1) is 9.85. The number of hydrogen-bond acceptors (Lipinski definition) is 2. The number of aliphatic carboxylic acids is 1. The number of carbonyl (C=O) groups is 2. The van der Waals surface area contributed by atoms with Crippen LogP contribution in [0.2, 0.25) is 0 Å². The van der Waals surface area contributed by atoms with E-state index in [2.05, 4.69) is 5.32 Å². The quantitative estimate of drug-likeness (QED) is 0.846. The second kappa shape index (κ2) is 7.56. The van der Waals surface area contributed by atoms with Crippen molar-refractivity contribution in [1.29, 1.82) is 0 Å². The molecule has 116 valence electrons. The molecule has 1 atom stereocenters. The molecule has 5 nitrogen and oxygen atoms in total. The number of carboxylic acids is 1. The minimum Gasteiger partial charge on any atom is -0.481 e. The maximum Gasteiger partial charge on any atom is 0.317 e. The molecule has 1 aromatic rings. The summed E-state index contributed by atoms with van der Waals surface area (Å²) in [5, 5.41) is 11.3. The first-order valence-electron chi connectivity index (χ1n) is 6.54. The van der Waals surface area contributed by atoms with Crippen LogP contribution in [0.3, 0.4) is 0 Å². The standard InChI is InChI=1S/C14H18F2N2O3/c1-3-18(8-9(2)13(19)20)14(21)17-7-10-4-5-11(15)6-12(10)16/h4-6,9H,3,7-8H2,1-2H3,(H,17,21)(H,19,20). The van der Waals surface area contributed by atoms with Crippen LogP contribution in [0.5, 0.6) is 0 Å². The molecule has 2 amide bonds. The van der Waals surface area contributed by atoms with Crippen LogP contribution < -0.4 is 5.32 Å². The summed E-state index contributed by atoms with van der Waals surface area (Å²) in [6, 6.07) is 2.61. The third-order valence-corrected chi connectivity index (χ3v) is 3.03. The zero-order valence-electron chi connectivity index (χ0n) is 11.9. The summed E-state index contributed by atoms with van der Waals surface area (Å²) in [5.74, 6) is -3.12. The maximum atomic E-state index is 13.4. The molecule has 0 saturated carbocycles. The summed E-state index contributed by atoms with van der Waals surface area (Å²) in [4.78, 5) is 24.0. The van der Waals surface area contributed by atoms with Crippen LogP contribution in [0, 0.1) is 17.6 Å². The highest BCUT2D eigenvalue weighted by molar-refractivity contribution is 5.75. The number of benzene rings is 1. The third kappa shape index (κ3) is 5.02. The Hall–Kier alpha value is -2.18. The van der Waals surface area contributed by atoms with E-state index in [1.54, 1.807) is 6.92 Å². The number of carbonyl (C=O) groups excluding carboxylic acids is 1. The van der Waals surface area contributed by atoms with Gasteiger partial charge in [0, 0.05) is 31.3 Å². The van der Waals surface area contributed by atoms with Gasteiger partial charge in [-0.05, 0) is 13.0 Å². The van der Waals surface area contributed by atoms with Crippen LogP contribution in [0.1, 0.15) is 19.4 Å². The molecule has 21 heavy (non-hydrogen) atoms. The number of nitrogens with one attached hydrogen (secondary N) is 1. The van der Waals surface area contributed by atoms with E-state index in [0.717, 1.165) is 12.1 Å². The number of hydrogen-bond donors (Lipinski definition) is 2. The number of amides is 2. The highest BCUT2D eigenvalue weighted by atomic mass is 19.1. The molecule has 0 heterocycles. The Morgan fingerprint density at radius 3 is 2.57 bits per heavy atom. The number of halogens is 2. The molecule has 0 aromatic heterocycles. The summed E-state index contributed by atoms with van der Waals surface area (Å²) in [7, 11) is 0. The monoisotopic (exact) mass is 300 g/mol. The lowest BCUT2D eigenvalue weighted by molar-refractivity contribution is -0.141. The van der Waals surface area contributed by atoms with Crippen molar-refractivity contribution in [3.63, 3.8) is 0 Å². The Labute approximate surface area is 121 Å². The van der Waals surface area contributed by atoms with Gasteiger partial charge < -0.3 is 15.3 Å². The Bertz CT molecular complexity index is 523. The smallest absolute Gasteiger partial charge is 0.317 e. The molecule has 0 aliphatic carbocycles. The average molecular weight is 300 g/mol. The van der Waals surface area contributed by atoms with Crippen molar-refractivity contribution >= 4 is 12.0 Å². The lowest BCUT2D eigenvalue weighted by atomic mass is 10.2. The van der Waals surface area contributed by atoms with E-state index in [1.807, 2.05) is 0 Å². The van der Waals surface area contributed by atoms with Gasteiger partial charge in [0.1, 0.15) is 11.6 Å². The van der Waals surface area contributed by atoms with E-state index in [4.69, 9.17) is 5.11 Å². The van der Waals surface area contributed by atoms with Crippen molar-refractivity contribution in [2.75, 3.05) is 13.1 Å².